The van der Waals surface area contributed by atoms with E-state index in [1.807, 2.05) is 19.1 Å². The maximum Gasteiger partial charge on any atom is 0.255 e. The van der Waals surface area contributed by atoms with Crippen LogP contribution in [0, 0.1) is 6.92 Å². The van der Waals surface area contributed by atoms with Gasteiger partial charge in [-0.25, -0.2) is 4.98 Å². The van der Waals surface area contributed by atoms with Gasteiger partial charge in [-0.1, -0.05) is 24.3 Å². The smallest absolute Gasteiger partial charge is 0.255 e. The normalized spacial score (nSPS) is 15.3. The van der Waals surface area contributed by atoms with E-state index in [4.69, 9.17) is 4.98 Å². The number of H-pyrrole nitrogens is 2. The number of piperidine rings is 1. The number of hydrogen-bond donors (Lipinski definition) is 4. The van der Waals surface area contributed by atoms with Crippen LogP contribution < -0.4 is 10.6 Å². The highest BCUT2D eigenvalue weighted by Gasteiger charge is 2.24. The summed E-state index contributed by atoms with van der Waals surface area (Å²) in [6, 6.07) is 12.5. The predicted octanol–water partition coefficient (Wildman–Crippen LogP) is 2.90. The van der Waals surface area contributed by atoms with Crippen LogP contribution in [0.2, 0.25) is 0 Å². The number of imidazole rings is 1. The number of nitrogens with one attached hydrogen (secondary N) is 4. The van der Waals surface area contributed by atoms with Gasteiger partial charge in [0.25, 0.3) is 5.91 Å². The third-order valence-corrected chi connectivity index (χ3v) is 5.42. The number of benzene rings is 2. The Balaban J connectivity index is 1.52. The average molecular weight is 374 g/mol. The van der Waals surface area contributed by atoms with Crippen molar-refractivity contribution in [3.8, 4) is 11.5 Å². The van der Waals surface area contributed by atoms with E-state index in [0.29, 0.717) is 17.1 Å². The van der Waals surface area contributed by atoms with Gasteiger partial charge in [-0.15, -0.1) is 0 Å². The molecule has 0 unspecified atom stereocenters. The van der Waals surface area contributed by atoms with Gasteiger partial charge in [0, 0.05) is 11.7 Å². The predicted molar refractivity (Wildman–Crippen MR) is 109 cm³/mol. The molecule has 4 N–H and O–H groups in total. The molecule has 0 aliphatic carbocycles. The Morgan fingerprint density at radius 2 is 1.89 bits per heavy atom. The van der Waals surface area contributed by atoms with Crippen molar-refractivity contribution in [3.63, 3.8) is 0 Å². The Bertz CT molecular complexity index is 1120. The molecule has 2 aromatic carbocycles. The summed E-state index contributed by atoms with van der Waals surface area (Å²) in [5.41, 5.74) is 3.65. The second kappa shape index (κ2) is 6.76. The number of carbonyl (C=O) groups is 1. The summed E-state index contributed by atoms with van der Waals surface area (Å²) < 4.78 is 0. The molecule has 4 aromatic rings. The van der Waals surface area contributed by atoms with E-state index in [9.17, 15) is 4.79 Å². The second-order valence-corrected chi connectivity index (χ2v) is 7.37. The lowest BCUT2D eigenvalue weighted by Crippen LogP contribution is -2.42. The van der Waals surface area contributed by atoms with Gasteiger partial charge in [-0.05, 0) is 55.8 Å². The maximum atomic E-state index is 13.0. The van der Waals surface area contributed by atoms with Crippen LogP contribution in [0.3, 0.4) is 0 Å². The van der Waals surface area contributed by atoms with Gasteiger partial charge in [0.15, 0.2) is 5.82 Å². The van der Waals surface area contributed by atoms with Gasteiger partial charge >= 0.3 is 0 Å². The summed E-state index contributed by atoms with van der Waals surface area (Å²) in [6.45, 7) is 3.73. The topological polar surface area (TPSA) is 98.5 Å². The number of rotatable bonds is 3. The number of fused-ring (bicyclic) bond motifs is 2. The lowest BCUT2D eigenvalue weighted by Gasteiger charge is -2.23. The summed E-state index contributed by atoms with van der Waals surface area (Å²) >= 11 is 0. The molecule has 0 bridgehead atoms. The highest BCUT2D eigenvalue weighted by Crippen LogP contribution is 2.27. The number of aromatic nitrogens is 4. The number of amides is 1. The first-order valence-corrected chi connectivity index (χ1v) is 9.64. The monoisotopic (exact) mass is 374 g/mol. The molecule has 142 valence electrons. The standard InChI is InChI=1S/C21H22N6O/c1-12-18(21(28)23-15-6-8-22-9-7-15)19(27-26-12)20-24-16-10-13-4-2-3-5-14(13)11-17(16)25-20/h2-5,10-11,15,22H,6-9H2,1H3,(H,23,28)(H,24,25)(H,26,27). The fourth-order valence-electron chi connectivity index (χ4n) is 3.91. The number of nitrogens with zero attached hydrogens (tertiary/aromatic N) is 2. The minimum atomic E-state index is -0.0984. The molecular formula is C21H22N6O. The van der Waals surface area contributed by atoms with E-state index in [1.165, 1.54) is 0 Å². The third-order valence-electron chi connectivity index (χ3n) is 5.42. The number of hydrogen-bond acceptors (Lipinski definition) is 4. The molecule has 7 nitrogen and oxygen atoms in total. The zero-order chi connectivity index (χ0) is 19.1. The Hall–Kier alpha value is -3.19. The molecule has 3 heterocycles. The van der Waals surface area contributed by atoms with Crippen molar-refractivity contribution in [3.05, 3.63) is 47.7 Å². The number of carbonyl (C=O) groups excluding carboxylic acids is 1. The van der Waals surface area contributed by atoms with Crippen LogP contribution in [0.25, 0.3) is 33.3 Å². The van der Waals surface area contributed by atoms with Crippen LogP contribution in [0.5, 0.6) is 0 Å². The minimum absolute atomic E-state index is 0.0984. The Morgan fingerprint density at radius 3 is 2.68 bits per heavy atom. The van der Waals surface area contributed by atoms with Gasteiger partial charge in [-0.2, -0.15) is 5.10 Å². The molecular weight excluding hydrogens is 352 g/mol. The van der Waals surface area contributed by atoms with Crippen molar-refractivity contribution in [2.75, 3.05) is 13.1 Å². The van der Waals surface area contributed by atoms with Crippen molar-refractivity contribution < 1.29 is 4.79 Å². The van der Waals surface area contributed by atoms with E-state index in [0.717, 1.165) is 53.4 Å². The van der Waals surface area contributed by atoms with Crippen molar-refractivity contribution in [2.24, 2.45) is 0 Å². The van der Waals surface area contributed by atoms with Gasteiger partial charge in [-0.3, -0.25) is 9.89 Å². The molecule has 1 fully saturated rings. The molecule has 1 amide bonds. The average Bonchev–Trinajstić information content (AvgIpc) is 3.29. The summed E-state index contributed by atoms with van der Waals surface area (Å²) in [6.07, 6.45) is 1.88. The molecule has 1 aliphatic heterocycles. The third kappa shape index (κ3) is 2.93. The zero-order valence-corrected chi connectivity index (χ0v) is 15.7. The fourth-order valence-corrected chi connectivity index (χ4v) is 3.91. The Kier molecular flexibility index (Phi) is 4.09. The van der Waals surface area contributed by atoms with Gasteiger partial charge in [0.2, 0.25) is 0 Å². The number of aromatic amines is 2. The van der Waals surface area contributed by atoms with Crippen LogP contribution in [0.1, 0.15) is 28.9 Å². The van der Waals surface area contributed by atoms with E-state index < -0.39 is 0 Å². The van der Waals surface area contributed by atoms with Crippen LogP contribution in [-0.2, 0) is 0 Å². The molecule has 1 saturated heterocycles. The quantitative estimate of drug-likeness (QED) is 0.443. The highest BCUT2D eigenvalue weighted by atomic mass is 16.1. The number of aryl methyl sites for hydroxylation is 1. The van der Waals surface area contributed by atoms with E-state index in [1.54, 1.807) is 0 Å². The van der Waals surface area contributed by atoms with Crippen molar-refractivity contribution in [2.45, 2.75) is 25.8 Å². The maximum absolute atomic E-state index is 13.0. The van der Waals surface area contributed by atoms with Crippen LogP contribution >= 0.6 is 0 Å². The minimum Gasteiger partial charge on any atom is -0.349 e. The molecule has 1 aliphatic rings. The first-order valence-electron chi connectivity index (χ1n) is 9.64. The molecule has 0 atom stereocenters. The largest absolute Gasteiger partial charge is 0.349 e. The van der Waals surface area contributed by atoms with E-state index in [2.05, 4.69) is 50.1 Å². The molecule has 0 radical (unpaired) electrons. The molecule has 0 spiro atoms. The highest BCUT2D eigenvalue weighted by molar-refractivity contribution is 6.02. The lowest BCUT2D eigenvalue weighted by molar-refractivity contribution is 0.0929. The summed E-state index contributed by atoms with van der Waals surface area (Å²) in [4.78, 5) is 21.0. The Morgan fingerprint density at radius 1 is 1.14 bits per heavy atom. The summed E-state index contributed by atoms with van der Waals surface area (Å²) in [5, 5.41) is 16.1. The Labute approximate surface area is 161 Å². The first kappa shape index (κ1) is 16.9. The second-order valence-electron chi connectivity index (χ2n) is 7.37. The van der Waals surface area contributed by atoms with Gasteiger partial charge in [0.05, 0.1) is 16.6 Å². The SMILES string of the molecule is Cc1[nH]nc(-c2nc3cc4ccccc4cc3[nH]2)c1C(=O)NC1CCNCC1. The van der Waals surface area contributed by atoms with Gasteiger partial charge < -0.3 is 15.6 Å². The van der Waals surface area contributed by atoms with Gasteiger partial charge in [0.1, 0.15) is 5.69 Å². The molecule has 7 heteroatoms. The van der Waals surface area contributed by atoms with Crippen LogP contribution in [0.4, 0.5) is 0 Å². The fraction of sp³-hybridized carbons (Fsp3) is 0.286. The molecule has 2 aromatic heterocycles. The molecule has 28 heavy (non-hydrogen) atoms. The van der Waals surface area contributed by atoms with Crippen LogP contribution in [-0.4, -0.2) is 45.2 Å². The summed E-state index contributed by atoms with van der Waals surface area (Å²) in [5.74, 6) is 0.504. The van der Waals surface area contributed by atoms with E-state index in [-0.39, 0.29) is 11.9 Å². The molecule has 5 rings (SSSR count). The van der Waals surface area contributed by atoms with Crippen molar-refractivity contribution in [1.29, 1.82) is 0 Å². The van der Waals surface area contributed by atoms with Crippen molar-refractivity contribution >= 4 is 27.7 Å². The lowest BCUT2D eigenvalue weighted by atomic mass is 10.1. The summed E-state index contributed by atoms with van der Waals surface area (Å²) in [7, 11) is 0. The molecule has 0 saturated carbocycles. The first-order chi connectivity index (χ1) is 13.7. The van der Waals surface area contributed by atoms with E-state index >= 15 is 0 Å². The van der Waals surface area contributed by atoms with Crippen molar-refractivity contribution in [1.82, 2.24) is 30.8 Å². The zero-order valence-electron chi connectivity index (χ0n) is 15.7. The van der Waals surface area contributed by atoms with Crippen LogP contribution in [0.15, 0.2) is 36.4 Å².